The lowest BCUT2D eigenvalue weighted by molar-refractivity contribution is 1.08. The second kappa shape index (κ2) is 6.21. The smallest absolute Gasteiger partial charge is 0.0735 e. The molecule has 0 atom stereocenters. The zero-order chi connectivity index (χ0) is 15.7. The lowest BCUT2D eigenvalue weighted by Gasteiger charge is -2.13. The van der Waals surface area contributed by atoms with E-state index in [9.17, 15) is 0 Å². The number of aryl methyl sites for hydroxylation is 3. The molecule has 0 aliphatic carbocycles. The zero-order valence-corrected chi connectivity index (χ0v) is 14.6. The maximum Gasteiger partial charge on any atom is 0.0735 e. The first-order valence-corrected chi connectivity index (χ1v) is 8.87. The van der Waals surface area contributed by atoms with E-state index in [1.165, 1.54) is 43.7 Å². The summed E-state index contributed by atoms with van der Waals surface area (Å²) in [5.41, 5.74) is 8.35. The van der Waals surface area contributed by atoms with Gasteiger partial charge in [-0.05, 0) is 67.6 Å². The minimum atomic E-state index is 1.03. The highest BCUT2D eigenvalue weighted by molar-refractivity contribution is 7.98. The third-order valence-electron chi connectivity index (χ3n) is 4.45. The van der Waals surface area contributed by atoms with Crippen LogP contribution in [0.4, 0.5) is 0 Å². The highest BCUT2D eigenvalue weighted by Gasteiger charge is 2.08. The molecule has 3 rings (SSSR count). The molecule has 0 unspecified atom stereocenters. The molecule has 22 heavy (non-hydrogen) atoms. The van der Waals surface area contributed by atoms with Crippen LogP contribution in [0.2, 0.25) is 0 Å². The van der Waals surface area contributed by atoms with Gasteiger partial charge in [-0.15, -0.1) is 11.8 Å². The highest BCUT2D eigenvalue weighted by atomic mass is 32.2. The van der Waals surface area contributed by atoms with Gasteiger partial charge in [0.05, 0.1) is 5.03 Å². The van der Waals surface area contributed by atoms with Crippen LogP contribution in [0.15, 0.2) is 41.4 Å². The summed E-state index contributed by atoms with van der Waals surface area (Å²) in [6.45, 7) is 8.85. The van der Waals surface area contributed by atoms with Gasteiger partial charge in [0.25, 0.3) is 0 Å². The predicted molar refractivity (Wildman–Crippen MR) is 97.9 cm³/mol. The van der Waals surface area contributed by atoms with Crippen LogP contribution in [0.1, 0.15) is 34.7 Å². The Balaban J connectivity index is 1.85. The Kier molecular flexibility index (Phi) is 4.30. The molecule has 0 amide bonds. The predicted octanol–water partition coefficient (Wildman–Crippen LogP) is 5.95. The maximum atomic E-state index is 3.52. The van der Waals surface area contributed by atoms with Gasteiger partial charge in [0.1, 0.15) is 0 Å². The Morgan fingerprint density at radius 2 is 1.82 bits per heavy atom. The highest BCUT2D eigenvalue weighted by Crippen LogP contribution is 2.30. The molecule has 0 radical (unpaired) electrons. The molecule has 3 aromatic rings. The van der Waals surface area contributed by atoms with Crippen LogP contribution in [0.3, 0.4) is 0 Å². The van der Waals surface area contributed by atoms with E-state index in [0.717, 1.165) is 12.2 Å². The summed E-state index contributed by atoms with van der Waals surface area (Å²) in [4.78, 5) is 3.52. The number of nitrogens with one attached hydrogen (secondary N) is 1. The molecule has 1 aromatic heterocycles. The Labute approximate surface area is 137 Å². The summed E-state index contributed by atoms with van der Waals surface area (Å²) in [5.74, 6) is 1.03. The normalized spacial score (nSPS) is 11.3. The minimum absolute atomic E-state index is 1.03. The number of benzene rings is 2. The van der Waals surface area contributed by atoms with Gasteiger partial charge in [-0.25, -0.2) is 0 Å². The van der Waals surface area contributed by atoms with Crippen LogP contribution < -0.4 is 0 Å². The van der Waals surface area contributed by atoms with Crippen LogP contribution in [0, 0.1) is 20.8 Å². The summed E-state index contributed by atoms with van der Waals surface area (Å²) in [5, 5.41) is 2.56. The van der Waals surface area contributed by atoms with E-state index in [1.54, 1.807) is 0 Å². The molecule has 0 saturated heterocycles. The number of aromatic nitrogens is 1. The first-order chi connectivity index (χ1) is 10.6. The van der Waals surface area contributed by atoms with Gasteiger partial charge in [-0.2, -0.15) is 0 Å². The van der Waals surface area contributed by atoms with E-state index in [-0.39, 0.29) is 0 Å². The van der Waals surface area contributed by atoms with Crippen molar-refractivity contribution in [2.75, 3.05) is 0 Å². The lowest BCUT2D eigenvalue weighted by atomic mass is 9.97. The Bertz CT molecular complexity index is 814. The van der Waals surface area contributed by atoms with Crippen molar-refractivity contribution < 1.29 is 0 Å². The monoisotopic (exact) mass is 309 g/mol. The molecule has 1 heterocycles. The minimum Gasteiger partial charge on any atom is -0.350 e. The largest absolute Gasteiger partial charge is 0.350 e. The van der Waals surface area contributed by atoms with Crippen molar-refractivity contribution in [3.63, 3.8) is 0 Å². The summed E-state index contributed by atoms with van der Waals surface area (Å²) in [7, 11) is 0. The van der Waals surface area contributed by atoms with Gasteiger partial charge in [0.2, 0.25) is 0 Å². The van der Waals surface area contributed by atoms with E-state index < -0.39 is 0 Å². The van der Waals surface area contributed by atoms with Crippen molar-refractivity contribution in [2.45, 2.75) is 44.9 Å². The SMILES string of the molecule is CCc1ccc(C)c(CSc2cc3cc(C)ccc3[nH]2)c1C. The van der Waals surface area contributed by atoms with E-state index in [2.05, 4.69) is 69.1 Å². The van der Waals surface area contributed by atoms with E-state index in [1.807, 2.05) is 11.8 Å². The lowest BCUT2D eigenvalue weighted by Crippen LogP contribution is -1.96. The first kappa shape index (κ1) is 15.2. The van der Waals surface area contributed by atoms with Crippen molar-refractivity contribution in [1.82, 2.24) is 4.98 Å². The summed E-state index contributed by atoms with van der Waals surface area (Å²) < 4.78 is 0. The standard InChI is InChI=1S/C20H23NS/c1-5-16-8-7-14(3)18(15(16)4)12-22-20-11-17-10-13(2)6-9-19(17)21-20/h6-11,21H,5,12H2,1-4H3. The van der Waals surface area contributed by atoms with Crippen LogP contribution in [0.5, 0.6) is 0 Å². The summed E-state index contributed by atoms with van der Waals surface area (Å²) in [6, 6.07) is 13.4. The second-order valence-electron chi connectivity index (χ2n) is 6.01. The topological polar surface area (TPSA) is 15.8 Å². The molecule has 0 aliphatic rings. The molecule has 0 aliphatic heterocycles. The summed E-state index contributed by atoms with van der Waals surface area (Å²) >= 11 is 1.90. The van der Waals surface area contributed by atoms with Crippen molar-refractivity contribution in [1.29, 1.82) is 0 Å². The first-order valence-electron chi connectivity index (χ1n) is 7.88. The van der Waals surface area contributed by atoms with Gasteiger partial charge in [0, 0.05) is 16.7 Å². The molecular weight excluding hydrogens is 286 g/mol. The number of H-pyrrole nitrogens is 1. The quantitative estimate of drug-likeness (QED) is 0.589. The van der Waals surface area contributed by atoms with Crippen molar-refractivity contribution >= 4 is 22.7 Å². The van der Waals surface area contributed by atoms with Gasteiger partial charge in [0.15, 0.2) is 0 Å². The average Bonchev–Trinajstić information content (AvgIpc) is 2.89. The molecule has 0 fully saturated rings. The number of hydrogen-bond donors (Lipinski definition) is 1. The Hall–Kier alpha value is -1.67. The number of aromatic amines is 1. The van der Waals surface area contributed by atoms with Crippen LogP contribution in [-0.4, -0.2) is 4.98 Å². The van der Waals surface area contributed by atoms with Crippen LogP contribution in [0.25, 0.3) is 10.9 Å². The Morgan fingerprint density at radius 1 is 1.00 bits per heavy atom. The fourth-order valence-electron chi connectivity index (χ4n) is 3.00. The maximum absolute atomic E-state index is 3.52. The van der Waals surface area contributed by atoms with E-state index in [0.29, 0.717) is 0 Å². The third-order valence-corrected chi connectivity index (χ3v) is 5.41. The van der Waals surface area contributed by atoms with Crippen LogP contribution >= 0.6 is 11.8 Å². The van der Waals surface area contributed by atoms with Gasteiger partial charge in [-0.3, -0.25) is 0 Å². The van der Waals surface area contributed by atoms with Crippen LogP contribution in [-0.2, 0) is 12.2 Å². The fourth-order valence-corrected chi connectivity index (χ4v) is 4.14. The number of rotatable bonds is 4. The number of hydrogen-bond acceptors (Lipinski definition) is 1. The second-order valence-corrected chi connectivity index (χ2v) is 7.03. The number of fused-ring (bicyclic) bond motifs is 1. The Morgan fingerprint density at radius 3 is 2.59 bits per heavy atom. The molecule has 0 spiro atoms. The summed E-state index contributed by atoms with van der Waals surface area (Å²) in [6.07, 6.45) is 1.11. The van der Waals surface area contributed by atoms with E-state index in [4.69, 9.17) is 0 Å². The van der Waals surface area contributed by atoms with Crippen molar-refractivity contribution in [3.8, 4) is 0 Å². The molecule has 2 aromatic carbocycles. The van der Waals surface area contributed by atoms with Gasteiger partial charge in [-0.1, -0.05) is 30.7 Å². The molecular formula is C20H23NS. The van der Waals surface area contributed by atoms with E-state index >= 15 is 0 Å². The molecule has 114 valence electrons. The van der Waals surface area contributed by atoms with Gasteiger partial charge >= 0.3 is 0 Å². The molecule has 2 heteroatoms. The molecule has 0 bridgehead atoms. The molecule has 0 saturated carbocycles. The average molecular weight is 309 g/mol. The molecule has 1 N–H and O–H groups in total. The van der Waals surface area contributed by atoms with Crippen molar-refractivity contribution in [3.05, 3.63) is 64.2 Å². The molecule has 1 nitrogen and oxygen atoms in total. The third kappa shape index (κ3) is 2.93. The zero-order valence-electron chi connectivity index (χ0n) is 13.8. The van der Waals surface area contributed by atoms with Crippen molar-refractivity contribution in [2.24, 2.45) is 0 Å². The van der Waals surface area contributed by atoms with Gasteiger partial charge < -0.3 is 4.98 Å². The fraction of sp³-hybridized carbons (Fsp3) is 0.300. The number of thioether (sulfide) groups is 1.